The summed E-state index contributed by atoms with van der Waals surface area (Å²) in [6, 6.07) is 0. The van der Waals surface area contributed by atoms with Crippen molar-refractivity contribution in [1.82, 2.24) is 20.3 Å². The van der Waals surface area contributed by atoms with Crippen LogP contribution in [-0.4, -0.2) is 27.5 Å². The Balaban J connectivity index is 1.79. The third-order valence-corrected chi connectivity index (χ3v) is 4.02. The van der Waals surface area contributed by atoms with Gasteiger partial charge in [0.05, 0.1) is 18.9 Å². The molecule has 0 saturated carbocycles. The Bertz CT molecular complexity index is 682. The van der Waals surface area contributed by atoms with Crippen LogP contribution in [0.3, 0.4) is 0 Å². The fraction of sp³-hybridized carbons (Fsp3) is 0.533. The first-order valence-corrected chi connectivity index (χ1v) is 7.48. The van der Waals surface area contributed by atoms with Crippen molar-refractivity contribution in [1.29, 1.82) is 0 Å². The van der Waals surface area contributed by atoms with Crippen LogP contribution >= 0.6 is 0 Å². The number of carbonyl (C=O) groups is 1. The van der Waals surface area contributed by atoms with Crippen molar-refractivity contribution in [2.24, 2.45) is 0 Å². The summed E-state index contributed by atoms with van der Waals surface area (Å²) < 4.78 is 12.5. The summed E-state index contributed by atoms with van der Waals surface area (Å²) in [5.41, 5.74) is 4.18. The van der Waals surface area contributed by atoms with Crippen molar-refractivity contribution >= 4 is 5.91 Å². The molecule has 0 bridgehead atoms. The van der Waals surface area contributed by atoms with Crippen molar-refractivity contribution in [2.45, 2.75) is 46.9 Å². The van der Waals surface area contributed by atoms with Crippen LogP contribution in [0.4, 0.5) is 0 Å². The topological polar surface area (TPSA) is 82.2 Å². The van der Waals surface area contributed by atoms with Gasteiger partial charge in [0.15, 0.2) is 5.69 Å². The second kappa shape index (κ2) is 5.92. The van der Waals surface area contributed by atoms with E-state index in [-0.39, 0.29) is 5.91 Å². The van der Waals surface area contributed by atoms with Gasteiger partial charge in [0.2, 0.25) is 0 Å². The first-order chi connectivity index (χ1) is 10.6. The zero-order chi connectivity index (χ0) is 15.7. The highest BCUT2D eigenvalue weighted by atomic mass is 16.5. The van der Waals surface area contributed by atoms with Crippen molar-refractivity contribution < 1.29 is 14.1 Å². The van der Waals surface area contributed by atoms with Crippen molar-refractivity contribution in [2.75, 3.05) is 6.61 Å². The van der Waals surface area contributed by atoms with Crippen LogP contribution in [0.1, 0.15) is 45.7 Å². The molecule has 0 saturated heterocycles. The highest BCUT2D eigenvalue weighted by Gasteiger charge is 2.25. The number of hydrogen-bond donors (Lipinski definition) is 1. The number of fused-ring (bicyclic) bond motifs is 1. The maximum atomic E-state index is 12.5. The number of ether oxygens (including phenoxy) is 1. The van der Waals surface area contributed by atoms with Crippen LogP contribution in [0.25, 0.3) is 0 Å². The molecule has 7 heteroatoms. The van der Waals surface area contributed by atoms with Gasteiger partial charge in [-0.1, -0.05) is 5.16 Å². The highest BCUT2D eigenvalue weighted by Crippen LogP contribution is 2.21. The zero-order valence-electron chi connectivity index (χ0n) is 13.1. The molecule has 1 aliphatic rings. The summed E-state index contributed by atoms with van der Waals surface area (Å²) in [6.45, 7) is 7.98. The van der Waals surface area contributed by atoms with Crippen LogP contribution in [0.2, 0.25) is 0 Å². The third kappa shape index (κ3) is 2.52. The maximum Gasteiger partial charge on any atom is 0.272 e. The van der Waals surface area contributed by atoms with E-state index in [2.05, 4.69) is 15.6 Å². The summed E-state index contributed by atoms with van der Waals surface area (Å²) in [5, 5.41) is 11.2. The SMILES string of the molecule is CCn1nc(C(=O)NCc2c(C)noc2C)c2c1CCOC2. The molecule has 1 N–H and O–H groups in total. The summed E-state index contributed by atoms with van der Waals surface area (Å²) in [7, 11) is 0. The second-order valence-electron chi connectivity index (χ2n) is 5.38. The average molecular weight is 304 g/mol. The number of rotatable bonds is 4. The minimum atomic E-state index is -0.186. The van der Waals surface area contributed by atoms with Crippen LogP contribution in [0, 0.1) is 13.8 Å². The van der Waals surface area contributed by atoms with Gasteiger partial charge in [0, 0.05) is 36.3 Å². The molecule has 0 spiro atoms. The number of hydrogen-bond acceptors (Lipinski definition) is 5. The normalized spacial score (nSPS) is 14.0. The first kappa shape index (κ1) is 14.8. The smallest absolute Gasteiger partial charge is 0.272 e. The Kier molecular flexibility index (Phi) is 3.98. The standard InChI is InChI=1S/C15H20N4O3/c1-4-19-13-5-6-21-8-12(13)14(17-19)15(20)16-7-11-9(2)18-22-10(11)3/h4-8H2,1-3H3,(H,16,20). The predicted octanol–water partition coefficient (Wildman–Crippen LogP) is 1.51. The largest absolute Gasteiger partial charge is 0.376 e. The molecular weight excluding hydrogens is 284 g/mol. The number of nitrogens with one attached hydrogen (secondary N) is 1. The molecule has 0 unspecified atom stereocenters. The van der Waals surface area contributed by atoms with E-state index in [0.29, 0.717) is 25.5 Å². The van der Waals surface area contributed by atoms with E-state index in [9.17, 15) is 4.79 Å². The van der Waals surface area contributed by atoms with E-state index in [1.165, 1.54) is 0 Å². The lowest BCUT2D eigenvalue weighted by Gasteiger charge is -2.14. The average Bonchev–Trinajstić information content (AvgIpc) is 3.06. The molecule has 0 atom stereocenters. The molecule has 22 heavy (non-hydrogen) atoms. The fourth-order valence-electron chi connectivity index (χ4n) is 2.76. The summed E-state index contributed by atoms with van der Waals surface area (Å²) in [5.74, 6) is 0.538. The molecule has 3 rings (SSSR count). The van der Waals surface area contributed by atoms with Crippen LogP contribution < -0.4 is 5.32 Å². The lowest BCUT2D eigenvalue weighted by atomic mass is 10.1. The quantitative estimate of drug-likeness (QED) is 0.926. The molecule has 3 heterocycles. The Labute approximate surface area is 128 Å². The third-order valence-electron chi connectivity index (χ3n) is 4.02. The lowest BCUT2D eigenvalue weighted by Crippen LogP contribution is -2.25. The fourth-order valence-corrected chi connectivity index (χ4v) is 2.76. The van der Waals surface area contributed by atoms with Gasteiger partial charge in [-0.2, -0.15) is 5.10 Å². The summed E-state index contributed by atoms with van der Waals surface area (Å²) in [4.78, 5) is 12.5. The summed E-state index contributed by atoms with van der Waals surface area (Å²) >= 11 is 0. The van der Waals surface area contributed by atoms with Gasteiger partial charge < -0.3 is 14.6 Å². The Morgan fingerprint density at radius 3 is 2.91 bits per heavy atom. The molecule has 118 valence electrons. The Morgan fingerprint density at radius 2 is 2.23 bits per heavy atom. The molecule has 2 aromatic heterocycles. The number of aromatic nitrogens is 3. The van der Waals surface area contributed by atoms with Gasteiger partial charge in [-0.05, 0) is 20.8 Å². The number of aryl methyl sites for hydroxylation is 3. The molecule has 0 aliphatic carbocycles. The van der Waals surface area contributed by atoms with E-state index >= 15 is 0 Å². The molecule has 0 radical (unpaired) electrons. The van der Waals surface area contributed by atoms with Gasteiger partial charge in [-0.15, -0.1) is 0 Å². The number of nitrogens with zero attached hydrogens (tertiary/aromatic N) is 3. The molecule has 2 aromatic rings. The molecule has 0 fully saturated rings. The van der Waals surface area contributed by atoms with Gasteiger partial charge in [0.25, 0.3) is 5.91 Å². The van der Waals surface area contributed by atoms with Crippen LogP contribution in [0.5, 0.6) is 0 Å². The molecule has 0 aromatic carbocycles. The van der Waals surface area contributed by atoms with E-state index in [1.807, 2.05) is 25.5 Å². The first-order valence-electron chi connectivity index (χ1n) is 7.48. The lowest BCUT2D eigenvalue weighted by molar-refractivity contribution is 0.0922. The number of amides is 1. The maximum absolute atomic E-state index is 12.5. The monoisotopic (exact) mass is 304 g/mol. The van der Waals surface area contributed by atoms with Gasteiger partial charge in [-0.3, -0.25) is 9.48 Å². The molecular formula is C15H20N4O3. The Hall–Kier alpha value is -2.15. The van der Waals surface area contributed by atoms with Crippen LogP contribution in [0.15, 0.2) is 4.52 Å². The van der Waals surface area contributed by atoms with E-state index < -0.39 is 0 Å². The molecule has 1 aliphatic heterocycles. The molecule has 1 amide bonds. The van der Waals surface area contributed by atoms with Gasteiger partial charge >= 0.3 is 0 Å². The van der Waals surface area contributed by atoms with Crippen molar-refractivity contribution in [3.63, 3.8) is 0 Å². The minimum absolute atomic E-state index is 0.186. The second-order valence-corrected chi connectivity index (χ2v) is 5.38. The van der Waals surface area contributed by atoms with Crippen molar-refractivity contribution in [3.05, 3.63) is 34.0 Å². The van der Waals surface area contributed by atoms with E-state index in [0.717, 1.165) is 41.2 Å². The van der Waals surface area contributed by atoms with Crippen molar-refractivity contribution in [3.8, 4) is 0 Å². The predicted molar refractivity (Wildman–Crippen MR) is 78.4 cm³/mol. The Morgan fingerprint density at radius 1 is 1.41 bits per heavy atom. The van der Waals surface area contributed by atoms with Gasteiger partial charge in [0.1, 0.15) is 5.76 Å². The van der Waals surface area contributed by atoms with Gasteiger partial charge in [-0.25, -0.2) is 0 Å². The highest BCUT2D eigenvalue weighted by molar-refractivity contribution is 5.94. The van der Waals surface area contributed by atoms with Crippen LogP contribution in [-0.2, 0) is 30.9 Å². The minimum Gasteiger partial charge on any atom is -0.376 e. The summed E-state index contributed by atoms with van der Waals surface area (Å²) in [6.07, 6.45) is 0.799. The zero-order valence-corrected chi connectivity index (χ0v) is 13.1. The van der Waals surface area contributed by atoms with E-state index in [1.54, 1.807) is 0 Å². The van der Waals surface area contributed by atoms with E-state index in [4.69, 9.17) is 9.26 Å². The number of carbonyl (C=O) groups excluding carboxylic acids is 1. The molecule has 7 nitrogen and oxygen atoms in total.